The number of ketones is 1. The van der Waals surface area contributed by atoms with E-state index in [2.05, 4.69) is 5.32 Å². The maximum atomic E-state index is 13.8. The van der Waals surface area contributed by atoms with Crippen LogP contribution in [0.2, 0.25) is 0 Å². The maximum Gasteiger partial charge on any atom is 0.373 e. The highest BCUT2D eigenvalue weighted by molar-refractivity contribution is 6.04. The van der Waals surface area contributed by atoms with Crippen LogP contribution in [-0.2, 0) is 42.9 Å². The lowest BCUT2D eigenvalue weighted by atomic mass is 9.77. The predicted molar refractivity (Wildman–Crippen MR) is 224 cm³/mol. The summed E-state index contributed by atoms with van der Waals surface area (Å²) >= 11 is 0. The third-order valence-electron chi connectivity index (χ3n) is 11.5. The molecule has 2 heterocycles. The Labute approximate surface area is 354 Å². The third kappa shape index (κ3) is 13.5. The van der Waals surface area contributed by atoms with Gasteiger partial charge in [0.15, 0.2) is 11.6 Å². The van der Waals surface area contributed by atoms with E-state index in [1.54, 1.807) is 64.2 Å². The minimum Gasteiger partial charge on any atom is -0.510 e. The summed E-state index contributed by atoms with van der Waals surface area (Å²) in [7, 11) is 2.78. The molecular formula is C46H65NO13. The number of carbonyl (C=O) groups is 4. The van der Waals surface area contributed by atoms with Crippen molar-refractivity contribution in [3.8, 4) is 0 Å². The van der Waals surface area contributed by atoms with Crippen molar-refractivity contribution in [2.75, 3.05) is 14.2 Å². The van der Waals surface area contributed by atoms with Crippen molar-refractivity contribution in [1.29, 1.82) is 0 Å². The number of carbonyl (C=O) groups excluding carboxylic acids is 4. The molecule has 1 aliphatic carbocycles. The van der Waals surface area contributed by atoms with Crippen molar-refractivity contribution in [3.63, 3.8) is 0 Å². The zero-order chi connectivity index (χ0) is 44.9. The van der Waals surface area contributed by atoms with E-state index in [9.17, 15) is 39.6 Å². The Balaban J connectivity index is 1.96. The number of cyclic esters (lactones) is 1. The van der Waals surface area contributed by atoms with Gasteiger partial charge in [-0.1, -0.05) is 94.4 Å². The average Bonchev–Trinajstić information content (AvgIpc) is 3.52. The molecule has 1 amide bonds. The van der Waals surface area contributed by atoms with Crippen molar-refractivity contribution in [1.82, 2.24) is 5.32 Å². The van der Waals surface area contributed by atoms with Gasteiger partial charge < -0.3 is 49.4 Å². The zero-order valence-corrected chi connectivity index (χ0v) is 36.5. The van der Waals surface area contributed by atoms with Crippen LogP contribution in [0.3, 0.4) is 0 Å². The molecule has 0 aromatic heterocycles. The molecule has 3 aliphatic rings. The molecule has 0 radical (unpaired) electrons. The lowest BCUT2D eigenvalue weighted by Crippen LogP contribution is -2.58. The molecule has 0 saturated carbocycles. The van der Waals surface area contributed by atoms with E-state index in [1.165, 1.54) is 20.3 Å². The molecule has 1 fully saturated rings. The fraction of sp³-hybridized carbons (Fsp3) is 0.565. The molecule has 60 heavy (non-hydrogen) atoms. The number of ether oxygens (including phenoxy) is 5. The molecular weight excluding hydrogens is 774 g/mol. The van der Waals surface area contributed by atoms with Crippen LogP contribution in [-0.4, -0.2) is 101 Å². The summed E-state index contributed by atoms with van der Waals surface area (Å²) in [6.45, 7) is 14.5. The first-order valence-electron chi connectivity index (χ1n) is 20.5. The normalized spacial score (nSPS) is 31.7. The molecule has 5 N–H and O–H groups in total. The Kier molecular flexibility index (Phi) is 18.9. The number of methoxy groups -OCH3 is 2. The quantitative estimate of drug-likeness (QED) is 0.0933. The van der Waals surface area contributed by atoms with E-state index in [0.717, 1.165) is 17.7 Å². The van der Waals surface area contributed by atoms with Crippen LogP contribution < -0.4 is 5.32 Å². The first-order chi connectivity index (χ1) is 28.3. The fourth-order valence-electron chi connectivity index (χ4n) is 7.71. The minimum atomic E-state index is -2.10. The van der Waals surface area contributed by atoms with Crippen LogP contribution in [0.25, 0.3) is 0 Å². The first-order valence-corrected chi connectivity index (χ1v) is 20.5. The summed E-state index contributed by atoms with van der Waals surface area (Å²) in [6.07, 6.45) is 12.2. The number of aliphatic hydroxyl groups is 4. The molecule has 14 heteroatoms. The van der Waals surface area contributed by atoms with E-state index in [4.69, 9.17) is 23.7 Å². The number of allylic oxidation sites excluding steroid dienone is 10. The molecule has 14 nitrogen and oxygen atoms in total. The van der Waals surface area contributed by atoms with Crippen molar-refractivity contribution in [2.45, 2.75) is 123 Å². The largest absolute Gasteiger partial charge is 0.510 e. The Bertz CT molecular complexity index is 1790. The van der Waals surface area contributed by atoms with E-state index in [-0.39, 0.29) is 48.3 Å². The lowest BCUT2D eigenvalue weighted by molar-refractivity contribution is -0.314. The second-order valence-corrected chi connectivity index (χ2v) is 16.2. The van der Waals surface area contributed by atoms with Crippen LogP contribution in [0.5, 0.6) is 0 Å². The third-order valence-corrected chi connectivity index (χ3v) is 11.5. The smallest absolute Gasteiger partial charge is 0.373 e. The van der Waals surface area contributed by atoms with Crippen LogP contribution in [0, 0.1) is 29.6 Å². The maximum absolute atomic E-state index is 13.8. The molecule has 3 rings (SSSR count). The highest BCUT2D eigenvalue weighted by Gasteiger charge is 2.52. The fourth-order valence-corrected chi connectivity index (χ4v) is 7.71. The number of rotatable bonds is 12. The van der Waals surface area contributed by atoms with E-state index >= 15 is 0 Å². The molecule has 12 unspecified atom stereocenters. The van der Waals surface area contributed by atoms with Crippen molar-refractivity contribution >= 4 is 23.6 Å². The van der Waals surface area contributed by atoms with Gasteiger partial charge in [0, 0.05) is 62.2 Å². The monoisotopic (exact) mass is 839 g/mol. The van der Waals surface area contributed by atoms with Crippen molar-refractivity contribution in [3.05, 3.63) is 95.2 Å². The van der Waals surface area contributed by atoms with Crippen LogP contribution >= 0.6 is 0 Å². The number of hydrogen-bond acceptors (Lipinski definition) is 13. The predicted octanol–water partition coefficient (Wildman–Crippen LogP) is 5.52. The van der Waals surface area contributed by atoms with Gasteiger partial charge in [-0.3, -0.25) is 9.59 Å². The average molecular weight is 840 g/mol. The SMILES string of the molecule is CC=CC=CC1OC(O)(C(C)C(O)C(C)C2OC(=O)C(OC)=CC(C)=CC(C)C(O)C(C)CC(C)=CC=CC2OC)CC(OC(=O)C=CC(=O)NC2=C(O)CCC2=O)C1C. The van der Waals surface area contributed by atoms with Gasteiger partial charge in [0.05, 0.1) is 25.4 Å². The molecule has 332 valence electrons. The standard InChI is InChI=1S/C46H65NO13/c1-11-12-13-16-35-30(6)38(58-40(51)21-20-39(50)47-41-33(48)18-19-34(41)49)25-46(55,60-35)32(8)43(53)31(7)44-36(56-9)17-14-15-26(2)22-28(4)42(52)29(5)23-27(3)24-37(57-10)45(54)59-44/h11-17,20-21,23-24,28-32,35-36,38,42-44,48,52-53,55H,18-19,22,25H2,1-10H3,(H,47,50). The van der Waals surface area contributed by atoms with Gasteiger partial charge >= 0.3 is 11.9 Å². The van der Waals surface area contributed by atoms with Crippen LogP contribution in [0.1, 0.15) is 81.1 Å². The molecule has 1 saturated heterocycles. The van der Waals surface area contributed by atoms with Gasteiger partial charge in [0.25, 0.3) is 0 Å². The highest BCUT2D eigenvalue weighted by Crippen LogP contribution is 2.41. The Morgan fingerprint density at radius 1 is 1.07 bits per heavy atom. The molecule has 0 spiro atoms. The minimum absolute atomic E-state index is 0.0655. The molecule has 0 aromatic rings. The molecule has 0 aromatic carbocycles. The van der Waals surface area contributed by atoms with E-state index in [0.29, 0.717) is 12.0 Å². The van der Waals surface area contributed by atoms with Gasteiger partial charge in [-0.05, 0) is 39.2 Å². The number of Topliss-reactive ketones (excluding diaryl/α,β-unsaturated/α-hetero) is 1. The number of amides is 1. The van der Waals surface area contributed by atoms with Gasteiger partial charge in [0.1, 0.15) is 29.8 Å². The second kappa shape index (κ2) is 22.8. The van der Waals surface area contributed by atoms with Crippen LogP contribution in [0.4, 0.5) is 0 Å². The number of hydrogen-bond donors (Lipinski definition) is 5. The summed E-state index contributed by atoms with van der Waals surface area (Å²) in [5.41, 5.74) is 1.45. The molecule has 2 aliphatic heterocycles. The number of nitrogens with one attached hydrogen (secondary N) is 1. The van der Waals surface area contributed by atoms with E-state index in [1.807, 2.05) is 39.8 Å². The zero-order valence-electron chi connectivity index (χ0n) is 36.5. The van der Waals surface area contributed by atoms with Crippen molar-refractivity contribution < 1.29 is 63.3 Å². The topological polar surface area (TPSA) is 207 Å². The number of esters is 2. The lowest BCUT2D eigenvalue weighted by Gasteiger charge is -2.48. The Hall–Kier alpha value is -4.60. The van der Waals surface area contributed by atoms with Crippen molar-refractivity contribution in [2.24, 2.45) is 29.6 Å². The summed E-state index contributed by atoms with van der Waals surface area (Å²) in [4.78, 5) is 51.3. The van der Waals surface area contributed by atoms with Crippen LogP contribution in [0.15, 0.2) is 95.2 Å². The summed E-state index contributed by atoms with van der Waals surface area (Å²) in [5.74, 6) is -8.21. The van der Waals surface area contributed by atoms with Gasteiger partial charge in [-0.25, -0.2) is 9.59 Å². The summed E-state index contributed by atoms with van der Waals surface area (Å²) < 4.78 is 29.4. The highest BCUT2D eigenvalue weighted by atomic mass is 16.6. The van der Waals surface area contributed by atoms with Gasteiger partial charge in [-0.15, -0.1) is 0 Å². The summed E-state index contributed by atoms with van der Waals surface area (Å²) in [5, 5.41) is 47.5. The van der Waals surface area contributed by atoms with E-state index < -0.39 is 83.8 Å². The number of aliphatic hydroxyl groups excluding tert-OH is 3. The Morgan fingerprint density at radius 2 is 1.77 bits per heavy atom. The molecule has 0 bridgehead atoms. The molecule has 12 atom stereocenters. The van der Waals surface area contributed by atoms with Gasteiger partial charge in [-0.2, -0.15) is 0 Å². The summed E-state index contributed by atoms with van der Waals surface area (Å²) in [6, 6.07) is 0. The second-order valence-electron chi connectivity index (χ2n) is 16.2. The van der Waals surface area contributed by atoms with Gasteiger partial charge in [0.2, 0.25) is 11.7 Å². The Morgan fingerprint density at radius 3 is 2.38 bits per heavy atom. The first kappa shape index (κ1) is 49.8.